The summed E-state index contributed by atoms with van der Waals surface area (Å²) >= 11 is 0. The minimum Gasteiger partial charge on any atom is -0.433 e. The number of oxazole rings is 1. The summed E-state index contributed by atoms with van der Waals surface area (Å²) < 4.78 is 10.6. The van der Waals surface area contributed by atoms with E-state index >= 15 is 0 Å². The standard InChI is InChI=1S/C21H19N5O3/c1-28-11-18-23-10-17(29-18)21(27)26-7-6-15-19(25-12-24-15)20(26)16-8-13-4-2-3-5-14(13)9-22-16/h2-5,8-10,12,20H,6-7,11H2,1H3,(H,24,25)/t20-/m1/s1. The molecular weight excluding hydrogens is 370 g/mol. The summed E-state index contributed by atoms with van der Waals surface area (Å²) in [5, 5.41) is 2.11. The molecule has 8 nitrogen and oxygen atoms in total. The second kappa shape index (κ2) is 7.14. The number of methoxy groups -OCH3 is 1. The van der Waals surface area contributed by atoms with E-state index in [0.29, 0.717) is 18.9 Å². The van der Waals surface area contributed by atoms with Gasteiger partial charge in [0.2, 0.25) is 11.7 Å². The van der Waals surface area contributed by atoms with Crippen molar-refractivity contribution < 1.29 is 13.9 Å². The number of ether oxygens (including phenoxy) is 1. The summed E-state index contributed by atoms with van der Waals surface area (Å²) in [6, 6.07) is 9.63. The third-order valence-electron chi connectivity index (χ3n) is 5.15. The zero-order valence-electron chi connectivity index (χ0n) is 15.8. The van der Waals surface area contributed by atoms with Crippen LogP contribution in [0.3, 0.4) is 0 Å². The van der Waals surface area contributed by atoms with Crippen LogP contribution in [0, 0.1) is 0 Å². The normalized spacial score (nSPS) is 16.2. The predicted molar refractivity (Wildman–Crippen MR) is 104 cm³/mol. The molecule has 3 aromatic heterocycles. The number of carbonyl (C=O) groups is 1. The lowest BCUT2D eigenvalue weighted by atomic mass is 9.97. The predicted octanol–water partition coefficient (Wildman–Crippen LogP) is 2.88. The lowest BCUT2D eigenvalue weighted by Crippen LogP contribution is -2.41. The van der Waals surface area contributed by atoms with E-state index in [0.717, 1.165) is 27.9 Å². The Bertz CT molecular complexity index is 1180. The van der Waals surface area contributed by atoms with Crippen molar-refractivity contribution in [3.8, 4) is 0 Å². The van der Waals surface area contributed by atoms with Gasteiger partial charge in [0.1, 0.15) is 12.6 Å². The molecule has 1 N–H and O–H groups in total. The fourth-order valence-corrected chi connectivity index (χ4v) is 3.79. The van der Waals surface area contributed by atoms with Crippen LogP contribution < -0.4 is 0 Å². The van der Waals surface area contributed by atoms with Crippen molar-refractivity contribution in [3.05, 3.63) is 77.8 Å². The summed E-state index contributed by atoms with van der Waals surface area (Å²) in [5.74, 6) is 0.309. The third-order valence-corrected chi connectivity index (χ3v) is 5.15. The van der Waals surface area contributed by atoms with Gasteiger partial charge in [0.05, 0.1) is 23.9 Å². The van der Waals surface area contributed by atoms with Gasteiger partial charge in [-0.25, -0.2) is 9.97 Å². The zero-order valence-corrected chi connectivity index (χ0v) is 15.8. The Morgan fingerprint density at radius 3 is 2.97 bits per heavy atom. The van der Waals surface area contributed by atoms with Crippen molar-refractivity contribution in [2.24, 2.45) is 0 Å². The van der Waals surface area contributed by atoms with Crippen LogP contribution in [-0.4, -0.2) is 44.4 Å². The number of amides is 1. The van der Waals surface area contributed by atoms with Crippen LogP contribution >= 0.6 is 0 Å². The first-order valence-electron chi connectivity index (χ1n) is 9.36. The highest BCUT2D eigenvalue weighted by molar-refractivity contribution is 5.92. The monoisotopic (exact) mass is 389 g/mol. The molecule has 1 aliphatic rings. The van der Waals surface area contributed by atoms with Gasteiger partial charge in [0.25, 0.3) is 5.91 Å². The van der Waals surface area contributed by atoms with E-state index in [2.05, 4.69) is 19.9 Å². The minimum atomic E-state index is -0.405. The Balaban J connectivity index is 1.57. The second-order valence-corrected chi connectivity index (χ2v) is 6.92. The number of nitrogens with one attached hydrogen (secondary N) is 1. The molecule has 0 radical (unpaired) electrons. The number of rotatable bonds is 4. The number of imidazole rings is 1. The molecule has 1 aromatic carbocycles. The zero-order chi connectivity index (χ0) is 19.8. The maximum atomic E-state index is 13.3. The number of pyridine rings is 1. The molecule has 4 heterocycles. The summed E-state index contributed by atoms with van der Waals surface area (Å²) in [7, 11) is 1.55. The Kier molecular flexibility index (Phi) is 4.33. The van der Waals surface area contributed by atoms with E-state index in [1.807, 2.05) is 36.5 Å². The molecule has 0 bridgehead atoms. The van der Waals surface area contributed by atoms with Crippen molar-refractivity contribution in [1.82, 2.24) is 24.8 Å². The van der Waals surface area contributed by atoms with E-state index in [4.69, 9.17) is 9.15 Å². The lowest BCUT2D eigenvalue weighted by Gasteiger charge is -2.34. The molecule has 1 amide bonds. The summed E-state index contributed by atoms with van der Waals surface area (Å²) in [6.07, 6.45) is 5.63. The molecule has 0 saturated heterocycles. The number of aromatic nitrogens is 4. The van der Waals surface area contributed by atoms with E-state index in [-0.39, 0.29) is 18.3 Å². The lowest BCUT2D eigenvalue weighted by molar-refractivity contribution is 0.0647. The highest BCUT2D eigenvalue weighted by atomic mass is 16.5. The smallest absolute Gasteiger partial charge is 0.292 e. The van der Waals surface area contributed by atoms with Crippen molar-refractivity contribution >= 4 is 16.7 Å². The van der Waals surface area contributed by atoms with Crippen molar-refractivity contribution in [2.45, 2.75) is 19.1 Å². The first-order valence-corrected chi connectivity index (χ1v) is 9.36. The molecule has 1 aliphatic heterocycles. The molecule has 146 valence electrons. The molecule has 0 saturated carbocycles. The van der Waals surface area contributed by atoms with Crippen LogP contribution in [0.5, 0.6) is 0 Å². The quantitative estimate of drug-likeness (QED) is 0.576. The molecule has 0 spiro atoms. The molecule has 8 heteroatoms. The van der Waals surface area contributed by atoms with Crippen molar-refractivity contribution in [2.75, 3.05) is 13.7 Å². The van der Waals surface area contributed by atoms with Gasteiger partial charge in [-0.15, -0.1) is 0 Å². The largest absolute Gasteiger partial charge is 0.433 e. The highest BCUT2D eigenvalue weighted by Crippen LogP contribution is 2.34. The molecule has 0 aliphatic carbocycles. The number of aromatic amines is 1. The molecule has 5 rings (SSSR count). The number of hydrogen-bond donors (Lipinski definition) is 1. The molecule has 0 unspecified atom stereocenters. The number of fused-ring (bicyclic) bond motifs is 2. The summed E-state index contributed by atoms with van der Waals surface area (Å²) in [5.41, 5.74) is 2.59. The van der Waals surface area contributed by atoms with E-state index in [9.17, 15) is 4.79 Å². The van der Waals surface area contributed by atoms with E-state index < -0.39 is 6.04 Å². The minimum absolute atomic E-state index is 0.182. The van der Waals surface area contributed by atoms with Gasteiger partial charge >= 0.3 is 0 Å². The fraction of sp³-hybridized carbons (Fsp3) is 0.238. The maximum Gasteiger partial charge on any atom is 0.292 e. The van der Waals surface area contributed by atoms with Crippen LogP contribution in [0.15, 0.2) is 53.5 Å². The van der Waals surface area contributed by atoms with Crippen LogP contribution in [0.25, 0.3) is 10.8 Å². The number of benzene rings is 1. The van der Waals surface area contributed by atoms with Gasteiger partial charge < -0.3 is 19.0 Å². The fourth-order valence-electron chi connectivity index (χ4n) is 3.79. The van der Waals surface area contributed by atoms with E-state index in [1.165, 1.54) is 6.20 Å². The summed E-state index contributed by atoms with van der Waals surface area (Å²) in [6.45, 7) is 0.736. The van der Waals surface area contributed by atoms with E-state index in [1.54, 1.807) is 18.3 Å². The number of nitrogens with zero attached hydrogens (tertiary/aromatic N) is 4. The number of carbonyl (C=O) groups excluding carboxylic acids is 1. The molecule has 29 heavy (non-hydrogen) atoms. The van der Waals surface area contributed by atoms with Gasteiger partial charge in [0.15, 0.2) is 0 Å². The van der Waals surface area contributed by atoms with Gasteiger partial charge in [-0.1, -0.05) is 24.3 Å². The number of hydrogen-bond acceptors (Lipinski definition) is 6. The topological polar surface area (TPSA) is 97.1 Å². The first-order chi connectivity index (χ1) is 14.2. The van der Waals surface area contributed by atoms with Crippen LogP contribution in [0.2, 0.25) is 0 Å². The molecular formula is C21H19N5O3. The van der Waals surface area contributed by atoms with Crippen molar-refractivity contribution in [3.63, 3.8) is 0 Å². The second-order valence-electron chi connectivity index (χ2n) is 6.92. The van der Waals surface area contributed by atoms with Gasteiger partial charge in [-0.2, -0.15) is 0 Å². The van der Waals surface area contributed by atoms with Crippen molar-refractivity contribution in [1.29, 1.82) is 0 Å². The third kappa shape index (κ3) is 3.07. The van der Waals surface area contributed by atoms with Gasteiger partial charge in [-0.3, -0.25) is 9.78 Å². The van der Waals surface area contributed by atoms with Crippen LogP contribution in [0.1, 0.15) is 39.6 Å². The molecule has 0 fully saturated rings. The highest BCUT2D eigenvalue weighted by Gasteiger charge is 2.36. The van der Waals surface area contributed by atoms with Crippen LogP contribution in [0.4, 0.5) is 0 Å². The average molecular weight is 389 g/mol. The Labute approximate surface area is 166 Å². The maximum absolute atomic E-state index is 13.3. The van der Waals surface area contributed by atoms with Crippen LogP contribution in [-0.2, 0) is 17.8 Å². The Hall–Kier alpha value is -3.52. The van der Waals surface area contributed by atoms with Gasteiger partial charge in [0, 0.05) is 37.4 Å². The Morgan fingerprint density at radius 1 is 1.24 bits per heavy atom. The summed E-state index contributed by atoms with van der Waals surface area (Å²) in [4.78, 5) is 31.5. The number of H-pyrrole nitrogens is 1. The molecule has 1 atom stereocenters. The average Bonchev–Trinajstić information content (AvgIpc) is 3.42. The first kappa shape index (κ1) is 17.6. The SMILES string of the molecule is COCc1ncc(C(=O)N2CCc3[nH]cnc3[C@H]2c2cc3ccccc3cn2)o1. The Morgan fingerprint density at radius 2 is 2.10 bits per heavy atom. The molecule has 4 aromatic rings. The van der Waals surface area contributed by atoms with Gasteiger partial charge in [-0.05, 0) is 11.5 Å².